The predicted octanol–water partition coefficient (Wildman–Crippen LogP) is 3.72. The van der Waals surface area contributed by atoms with Crippen LogP contribution in [0.15, 0.2) is 42.5 Å². The smallest absolute Gasteiger partial charge is 0.0332 e. The van der Waals surface area contributed by atoms with E-state index in [0.717, 1.165) is 12.8 Å². The summed E-state index contributed by atoms with van der Waals surface area (Å²) in [6.45, 7) is 4.36. The molecule has 19 heavy (non-hydrogen) atoms. The first kappa shape index (κ1) is 12.4. The second-order valence-electron chi connectivity index (χ2n) is 5.82. The third-order valence-electron chi connectivity index (χ3n) is 4.39. The zero-order valence-corrected chi connectivity index (χ0v) is 11.7. The molecule has 0 radical (unpaired) electrons. The van der Waals surface area contributed by atoms with Crippen molar-refractivity contribution in [3.8, 4) is 0 Å². The molecular formula is C18H21N. The van der Waals surface area contributed by atoms with Gasteiger partial charge < -0.3 is 5.73 Å². The summed E-state index contributed by atoms with van der Waals surface area (Å²) in [6.07, 6.45) is 2.20. The van der Waals surface area contributed by atoms with Crippen LogP contribution in [0.25, 0.3) is 0 Å². The first-order chi connectivity index (χ1) is 9.15. The fourth-order valence-corrected chi connectivity index (χ4v) is 3.21. The van der Waals surface area contributed by atoms with Crippen LogP contribution in [0.4, 0.5) is 0 Å². The van der Waals surface area contributed by atoms with E-state index >= 15 is 0 Å². The highest BCUT2D eigenvalue weighted by Gasteiger charge is 2.29. The number of benzene rings is 2. The lowest BCUT2D eigenvalue weighted by Gasteiger charge is -2.17. The molecule has 1 aliphatic rings. The highest BCUT2D eigenvalue weighted by Crippen LogP contribution is 2.36. The van der Waals surface area contributed by atoms with Crippen molar-refractivity contribution in [2.75, 3.05) is 0 Å². The van der Waals surface area contributed by atoms with Crippen LogP contribution in [-0.4, -0.2) is 0 Å². The van der Waals surface area contributed by atoms with Gasteiger partial charge in [-0.2, -0.15) is 0 Å². The standard InChI is InChI=1S/C18H21N/c1-12-7-8-13(2)15(9-12)11-16-10-14-5-3-4-6-17(14)18(16)19/h3-9,16,18H,10-11,19H2,1-2H3. The molecule has 0 saturated heterocycles. The first-order valence-corrected chi connectivity index (χ1v) is 7.04. The van der Waals surface area contributed by atoms with Crippen molar-refractivity contribution < 1.29 is 0 Å². The summed E-state index contributed by atoms with van der Waals surface area (Å²) in [5.74, 6) is 0.540. The Morgan fingerprint density at radius 2 is 1.89 bits per heavy atom. The van der Waals surface area contributed by atoms with Gasteiger partial charge in [0.15, 0.2) is 0 Å². The van der Waals surface area contributed by atoms with Crippen LogP contribution in [0.1, 0.15) is 33.9 Å². The monoisotopic (exact) mass is 251 g/mol. The molecule has 2 unspecified atom stereocenters. The Morgan fingerprint density at radius 1 is 1.11 bits per heavy atom. The normalized spacial score (nSPS) is 21.4. The van der Waals surface area contributed by atoms with Gasteiger partial charge >= 0.3 is 0 Å². The predicted molar refractivity (Wildman–Crippen MR) is 80.2 cm³/mol. The minimum absolute atomic E-state index is 0.191. The Bertz CT molecular complexity index is 600. The molecule has 2 aromatic rings. The lowest BCUT2D eigenvalue weighted by Crippen LogP contribution is -2.19. The Balaban J connectivity index is 1.85. The summed E-state index contributed by atoms with van der Waals surface area (Å²) in [7, 11) is 0. The quantitative estimate of drug-likeness (QED) is 0.865. The van der Waals surface area contributed by atoms with Crippen molar-refractivity contribution in [2.24, 2.45) is 11.7 Å². The lowest BCUT2D eigenvalue weighted by atomic mass is 9.90. The topological polar surface area (TPSA) is 26.0 Å². The third kappa shape index (κ3) is 2.31. The number of hydrogen-bond acceptors (Lipinski definition) is 1. The third-order valence-corrected chi connectivity index (χ3v) is 4.39. The van der Waals surface area contributed by atoms with E-state index in [1.807, 2.05) is 0 Å². The van der Waals surface area contributed by atoms with Crippen LogP contribution in [0.2, 0.25) is 0 Å². The molecule has 0 heterocycles. The maximum Gasteiger partial charge on any atom is 0.0332 e. The molecule has 2 atom stereocenters. The van der Waals surface area contributed by atoms with Gasteiger partial charge in [-0.15, -0.1) is 0 Å². The summed E-state index contributed by atoms with van der Waals surface area (Å²) >= 11 is 0. The summed E-state index contributed by atoms with van der Waals surface area (Å²) < 4.78 is 0. The average molecular weight is 251 g/mol. The van der Waals surface area contributed by atoms with Gasteiger partial charge in [0.05, 0.1) is 0 Å². The van der Waals surface area contributed by atoms with Crippen LogP contribution < -0.4 is 5.73 Å². The summed E-state index contributed by atoms with van der Waals surface area (Å²) in [6, 6.07) is 15.5. The van der Waals surface area contributed by atoms with Gasteiger partial charge in [0.1, 0.15) is 0 Å². The highest BCUT2D eigenvalue weighted by molar-refractivity contribution is 5.37. The Morgan fingerprint density at radius 3 is 2.68 bits per heavy atom. The first-order valence-electron chi connectivity index (χ1n) is 7.04. The van der Waals surface area contributed by atoms with E-state index in [-0.39, 0.29) is 6.04 Å². The zero-order chi connectivity index (χ0) is 13.4. The molecule has 0 bridgehead atoms. The Hall–Kier alpha value is -1.60. The van der Waals surface area contributed by atoms with Crippen molar-refractivity contribution in [3.63, 3.8) is 0 Å². The molecule has 98 valence electrons. The van der Waals surface area contributed by atoms with Crippen LogP contribution >= 0.6 is 0 Å². The fraction of sp³-hybridized carbons (Fsp3) is 0.333. The highest BCUT2D eigenvalue weighted by atomic mass is 14.7. The van der Waals surface area contributed by atoms with E-state index in [1.165, 1.54) is 27.8 Å². The molecule has 0 fully saturated rings. The van der Waals surface area contributed by atoms with E-state index in [0.29, 0.717) is 5.92 Å². The summed E-state index contributed by atoms with van der Waals surface area (Å²) in [4.78, 5) is 0. The van der Waals surface area contributed by atoms with Crippen molar-refractivity contribution in [1.82, 2.24) is 0 Å². The molecule has 0 aliphatic heterocycles. The number of aryl methyl sites for hydroxylation is 2. The van der Waals surface area contributed by atoms with Crippen LogP contribution in [-0.2, 0) is 12.8 Å². The van der Waals surface area contributed by atoms with Gasteiger partial charge in [0, 0.05) is 6.04 Å². The van der Waals surface area contributed by atoms with E-state index in [4.69, 9.17) is 5.73 Å². The van der Waals surface area contributed by atoms with Gasteiger partial charge in [0.25, 0.3) is 0 Å². The minimum Gasteiger partial charge on any atom is -0.324 e. The number of fused-ring (bicyclic) bond motifs is 1. The van der Waals surface area contributed by atoms with Gasteiger partial charge in [-0.1, -0.05) is 48.0 Å². The number of rotatable bonds is 2. The van der Waals surface area contributed by atoms with E-state index in [2.05, 4.69) is 56.3 Å². The molecule has 3 rings (SSSR count). The molecule has 1 aliphatic carbocycles. The molecule has 0 saturated carbocycles. The second kappa shape index (κ2) is 4.82. The molecule has 2 N–H and O–H groups in total. The molecule has 0 spiro atoms. The van der Waals surface area contributed by atoms with Crippen molar-refractivity contribution in [2.45, 2.75) is 32.7 Å². The average Bonchev–Trinajstić information content (AvgIpc) is 2.72. The van der Waals surface area contributed by atoms with Crippen LogP contribution in [0.5, 0.6) is 0 Å². The van der Waals surface area contributed by atoms with Crippen molar-refractivity contribution >= 4 is 0 Å². The Kier molecular flexibility index (Phi) is 3.16. The summed E-state index contributed by atoms with van der Waals surface area (Å²) in [5.41, 5.74) is 13.4. The lowest BCUT2D eigenvalue weighted by molar-refractivity contribution is 0.464. The SMILES string of the molecule is Cc1ccc(C)c(CC2Cc3ccccc3C2N)c1. The van der Waals surface area contributed by atoms with Crippen molar-refractivity contribution in [1.29, 1.82) is 0 Å². The molecule has 0 aromatic heterocycles. The molecular weight excluding hydrogens is 230 g/mol. The molecule has 2 aromatic carbocycles. The largest absolute Gasteiger partial charge is 0.324 e. The second-order valence-corrected chi connectivity index (χ2v) is 5.82. The van der Waals surface area contributed by atoms with Crippen LogP contribution in [0.3, 0.4) is 0 Å². The molecule has 1 nitrogen and oxygen atoms in total. The number of hydrogen-bond donors (Lipinski definition) is 1. The van der Waals surface area contributed by atoms with Gasteiger partial charge in [-0.25, -0.2) is 0 Å². The summed E-state index contributed by atoms with van der Waals surface area (Å²) in [5, 5.41) is 0. The maximum absolute atomic E-state index is 6.43. The number of nitrogens with two attached hydrogens (primary N) is 1. The van der Waals surface area contributed by atoms with Crippen molar-refractivity contribution in [3.05, 3.63) is 70.3 Å². The van der Waals surface area contributed by atoms with E-state index in [9.17, 15) is 0 Å². The fourth-order valence-electron chi connectivity index (χ4n) is 3.21. The van der Waals surface area contributed by atoms with Gasteiger partial charge in [-0.3, -0.25) is 0 Å². The van der Waals surface area contributed by atoms with Crippen LogP contribution in [0, 0.1) is 19.8 Å². The Labute approximate surface area is 115 Å². The van der Waals surface area contributed by atoms with Gasteiger partial charge in [0.2, 0.25) is 0 Å². The minimum atomic E-state index is 0.191. The van der Waals surface area contributed by atoms with E-state index in [1.54, 1.807) is 0 Å². The van der Waals surface area contributed by atoms with Gasteiger partial charge in [-0.05, 0) is 54.9 Å². The zero-order valence-electron chi connectivity index (χ0n) is 11.7. The molecule has 1 heteroatoms. The maximum atomic E-state index is 6.43. The molecule has 0 amide bonds. The van der Waals surface area contributed by atoms with E-state index < -0.39 is 0 Å².